The maximum atomic E-state index is 11.0. The predicted molar refractivity (Wildman–Crippen MR) is 96.6 cm³/mol. The van der Waals surface area contributed by atoms with Crippen LogP contribution in [0.15, 0.2) is 29.4 Å². The Morgan fingerprint density at radius 2 is 2.04 bits per heavy atom. The molecule has 0 bridgehead atoms. The lowest BCUT2D eigenvalue weighted by Gasteiger charge is -2.19. The zero-order valence-corrected chi connectivity index (χ0v) is 15.2. The summed E-state index contributed by atoms with van der Waals surface area (Å²) in [6.45, 7) is 6.29. The van der Waals surface area contributed by atoms with E-state index < -0.39 is 0 Å². The largest absolute Gasteiger partial charge is 0.320 e. The molecular formula is C18H23N3O2S. The summed E-state index contributed by atoms with van der Waals surface area (Å²) in [5.41, 5.74) is 3.43. The number of aryl methyl sites for hydroxylation is 1. The predicted octanol–water partition coefficient (Wildman–Crippen LogP) is 5.38. The average Bonchev–Trinajstić information content (AvgIpc) is 3.16. The number of hydrogen-bond acceptors (Lipinski definition) is 4. The number of imidazole rings is 1. The Labute approximate surface area is 146 Å². The maximum Gasteiger partial charge on any atom is 0.269 e. The molecule has 1 aliphatic rings. The van der Waals surface area contributed by atoms with Gasteiger partial charge in [0.05, 0.1) is 10.6 Å². The molecule has 1 atom stereocenters. The molecule has 1 saturated carbocycles. The minimum Gasteiger partial charge on any atom is -0.320 e. The van der Waals surface area contributed by atoms with Crippen molar-refractivity contribution in [2.45, 2.75) is 62.9 Å². The van der Waals surface area contributed by atoms with E-state index in [9.17, 15) is 10.1 Å². The molecule has 1 unspecified atom stereocenters. The number of nitrogens with zero attached hydrogens (tertiary/aromatic N) is 3. The summed E-state index contributed by atoms with van der Waals surface area (Å²) in [4.78, 5) is 15.4. The summed E-state index contributed by atoms with van der Waals surface area (Å²) in [5, 5.41) is 12.1. The van der Waals surface area contributed by atoms with Crippen LogP contribution < -0.4 is 0 Å². The van der Waals surface area contributed by atoms with E-state index >= 15 is 0 Å². The Morgan fingerprint density at radius 1 is 1.33 bits per heavy atom. The molecule has 128 valence electrons. The number of thioether (sulfide) groups is 1. The van der Waals surface area contributed by atoms with Crippen LogP contribution in [-0.2, 0) is 0 Å². The standard InChI is InChI=1S/C18H23N3O2S/c1-12-13(2)20(16-8-4-5-9-16)18(19-12)24-14(3)15-7-6-10-17(11-15)21(22)23/h6-7,10-11,14,16H,4-5,8-9H2,1-3H3. The number of hydrogen-bond donors (Lipinski definition) is 0. The van der Waals surface area contributed by atoms with Crippen molar-refractivity contribution in [2.24, 2.45) is 0 Å². The molecule has 24 heavy (non-hydrogen) atoms. The highest BCUT2D eigenvalue weighted by molar-refractivity contribution is 7.99. The lowest BCUT2D eigenvalue weighted by molar-refractivity contribution is -0.384. The lowest BCUT2D eigenvalue weighted by atomic mass is 10.1. The minimum atomic E-state index is -0.339. The van der Waals surface area contributed by atoms with E-state index in [1.54, 1.807) is 23.9 Å². The van der Waals surface area contributed by atoms with Crippen molar-refractivity contribution in [1.82, 2.24) is 9.55 Å². The van der Waals surface area contributed by atoms with E-state index in [1.165, 1.54) is 37.4 Å². The summed E-state index contributed by atoms with van der Waals surface area (Å²) in [7, 11) is 0. The third-order valence-corrected chi connectivity index (χ3v) is 6.00. The first-order valence-electron chi connectivity index (χ1n) is 8.44. The lowest BCUT2D eigenvalue weighted by Crippen LogP contribution is -2.08. The SMILES string of the molecule is Cc1nc(SC(C)c2cccc([N+](=O)[O-])c2)n(C2CCCC2)c1C. The van der Waals surface area contributed by atoms with Gasteiger partial charge in [0, 0.05) is 29.1 Å². The molecule has 1 heterocycles. The Kier molecular flexibility index (Phi) is 4.94. The third-order valence-electron chi connectivity index (χ3n) is 4.88. The van der Waals surface area contributed by atoms with Crippen molar-refractivity contribution in [3.8, 4) is 0 Å². The third kappa shape index (κ3) is 3.34. The summed E-state index contributed by atoms with van der Waals surface area (Å²) < 4.78 is 2.39. The van der Waals surface area contributed by atoms with Crippen LogP contribution in [0.5, 0.6) is 0 Å². The molecule has 0 aliphatic heterocycles. The van der Waals surface area contributed by atoms with Gasteiger partial charge in [-0.3, -0.25) is 10.1 Å². The Hall–Kier alpha value is -1.82. The smallest absolute Gasteiger partial charge is 0.269 e. The van der Waals surface area contributed by atoms with Crippen molar-refractivity contribution in [2.75, 3.05) is 0 Å². The number of nitro benzene ring substituents is 1. The zero-order chi connectivity index (χ0) is 17.3. The highest BCUT2D eigenvalue weighted by atomic mass is 32.2. The minimum absolute atomic E-state index is 0.117. The number of rotatable bonds is 5. The molecular weight excluding hydrogens is 322 g/mol. The molecule has 5 nitrogen and oxygen atoms in total. The highest BCUT2D eigenvalue weighted by Gasteiger charge is 2.24. The molecule has 1 aromatic carbocycles. The molecule has 1 aliphatic carbocycles. The summed E-state index contributed by atoms with van der Waals surface area (Å²) in [6, 6.07) is 7.46. The number of nitro groups is 1. The van der Waals surface area contributed by atoms with E-state index in [2.05, 4.69) is 25.3 Å². The second kappa shape index (κ2) is 6.97. The fourth-order valence-electron chi connectivity index (χ4n) is 3.39. The summed E-state index contributed by atoms with van der Waals surface area (Å²) in [6.07, 6.45) is 5.00. The van der Waals surface area contributed by atoms with Crippen molar-refractivity contribution < 1.29 is 4.92 Å². The highest BCUT2D eigenvalue weighted by Crippen LogP contribution is 2.40. The van der Waals surface area contributed by atoms with Crippen LogP contribution in [0.25, 0.3) is 0 Å². The Balaban J connectivity index is 1.86. The molecule has 0 N–H and O–H groups in total. The van der Waals surface area contributed by atoms with Crippen LogP contribution in [0.1, 0.15) is 60.9 Å². The van der Waals surface area contributed by atoms with Gasteiger partial charge in [-0.15, -0.1) is 0 Å². The van der Waals surface area contributed by atoms with Gasteiger partial charge in [0.25, 0.3) is 5.69 Å². The van der Waals surface area contributed by atoms with Gasteiger partial charge in [0.1, 0.15) is 0 Å². The first kappa shape index (κ1) is 17.0. The summed E-state index contributed by atoms with van der Waals surface area (Å²) >= 11 is 1.69. The van der Waals surface area contributed by atoms with Crippen LogP contribution in [0, 0.1) is 24.0 Å². The fraction of sp³-hybridized carbons (Fsp3) is 0.500. The van der Waals surface area contributed by atoms with Crippen molar-refractivity contribution >= 4 is 17.4 Å². The van der Waals surface area contributed by atoms with Crippen LogP contribution in [-0.4, -0.2) is 14.5 Å². The van der Waals surface area contributed by atoms with Crippen LogP contribution in [0.3, 0.4) is 0 Å². The van der Waals surface area contributed by atoms with Gasteiger partial charge in [-0.25, -0.2) is 4.98 Å². The monoisotopic (exact) mass is 345 g/mol. The topological polar surface area (TPSA) is 61.0 Å². The maximum absolute atomic E-state index is 11.0. The van der Waals surface area contributed by atoms with E-state index in [0.717, 1.165) is 16.4 Å². The quantitative estimate of drug-likeness (QED) is 0.415. The Bertz CT molecular complexity index is 751. The fourth-order valence-corrected chi connectivity index (χ4v) is 4.58. The number of benzene rings is 1. The second-order valence-corrected chi connectivity index (χ2v) is 7.79. The van der Waals surface area contributed by atoms with E-state index in [1.807, 2.05) is 6.07 Å². The molecule has 6 heteroatoms. The molecule has 0 spiro atoms. The van der Waals surface area contributed by atoms with Gasteiger partial charge in [0.15, 0.2) is 5.16 Å². The first-order valence-corrected chi connectivity index (χ1v) is 9.31. The Morgan fingerprint density at radius 3 is 2.71 bits per heavy atom. The van der Waals surface area contributed by atoms with Crippen molar-refractivity contribution in [3.05, 3.63) is 51.3 Å². The van der Waals surface area contributed by atoms with Gasteiger partial charge in [-0.2, -0.15) is 0 Å². The molecule has 0 amide bonds. The normalized spacial score (nSPS) is 16.5. The van der Waals surface area contributed by atoms with E-state index in [0.29, 0.717) is 6.04 Å². The van der Waals surface area contributed by atoms with Crippen LogP contribution in [0.4, 0.5) is 5.69 Å². The van der Waals surface area contributed by atoms with Crippen molar-refractivity contribution in [3.63, 3.8) is 0 Å². The second-order valence-electron chi connectivity index (χ2n) is 6.49. The molecule has 1 aromatic heterocycles. The average molecular weight is 345 g/mol. The van der Waals surface area contributed by atoms with Gasteiger partial charge < -0.3 is 4.57 Å². The molecule has 2 aromatic rings. The van der Waals surface area contributed by atoms with Gasteiger partial charge in [-0.05, 0) is 39.2 Å². The van der Waals surface area contributed by atoms with E-state index in [-0.39, 0.29) is 15.9 Å². The molecule has 1 fully saturated rings. The summed E-state index contributed by atoms with van der Waals surface area (Å²) in [5.74, 6) is 0. The first-order chi connectivity index (χ1) is 11.5. The van der Waals surface area contributed by atoms with Gasteiger partial charge in [-0.1, -0.05) is 36.7 Å². The van der Waals surface area contributed by atoms with Crippen LogP contribution >= 0.6 is 11.8 Å². The van der Waals surface area contributed by atoms with Crippen LogP contribution in [0.2, 0.25) is 0 Å². The van der Waals surface area contributed by atoms with Gasteiger partial charge in [0.2, 0.25) is 0 Å². The molecule has 0 saturated heterocycles. The number of non-ortho nitro benzene ring substituents is 1. The van der Waals surface area contributed by atoms with Crippen molar-refractivity contribution in [1.29, 1.82) is 0 Å². The molecule has 3 rings (SSSR count). The number of aromatic nitrogens is 2. The zero-order valence-electron chi connectivity index (χ0n) is 14.4. The molecule has 0 radical (unpaired) electrons. The van der Waals surface area contributed by atoms with E-state index in [4.69, 9.17) is 4.98 Å². The van der Waals surface area contributed by atoms with Gasteiger partial charge >= 0.3 is 0 Å².